The highest BCUT2D eigenvalue weighted by molar-refractivity contribution is 6.05. The van der Waals surface area contributed by atoms with Crippen molar-refractivity contribution in [1.29, 1.82) is 0 Å². The number of amides is 2. The molecular formula is C20H18F2N4O2. The Bertz CT molecular complexity index is 1030. The highest BCUT2D eigenvalue weighted by Crippen LogP contribution is 2.22. The number of carbonyl (C=O) groups is 2. The highest BCUT2D eigenvalue weighted by atomic mass is 19.1. The van der Waals surface area contributed by atoms with Crippen LogP contribution in [0, 0.1) is 11.6 Å². The number of nitrogens with zero attached hydrogens (tertiary/aromatic N) is 2. The Kier molecular flexibility index (Phi) is 5.49. The maximum Gasteiger partial charge on any atom is 0.259 e. The number of halogens is 2. The van der Waals surface area contributed by atoms with Gasteiger partial charge in [0.1, 0.15) is 11.6 Å². The lowest BCUT2D eigenvalue weighted by Crippen LogP contribution is -2.15. The van der Waals surface area contributed by atoms with Gasteiger partial charge in [-0.25, -0.2) is 13.5 Å². The summed E-state index contributed by atoms with van der Waals surface area (Å²) < 4.78 is 28.5. The fraction of sp³-hybridized carbons (Fsp3) is 0.150. The Morgan fingerprint density at radius 2 is 1.79 bits per heavy atom. The number of anilines is 2. The van der Waals surface area contributed by atoms with Crippen molar-refractivity contribution in [1.82, 2.24) is 9.78 Å². The molecule has 8 heteroatoms. The number of carbonyl (C=O) groups excluding carboxylic acids is 2. The van der Waals surface area contributed by atoms with E-state index < -0.39 is 17.6 Å². The third-order valence-corrected chi connectivity index (χ3v) is 4.05. The van der Waals surface area contributed by atoms with Crippen LogP contribution in [-0.2, 0) is 11.2 Å². The van der Waals surface area contributed by atoms with Gasteiger partial charge in [-0.1, -0.05) is 6.92 Å². The lowest BCUT2D eigenvalue weighted by atomic mass is 10.1. The van der Waals surface area contributed by atoms with E-state index in [0.29, 0.717) is 29.1 Å². The first-order valence-corrected chi connectivity index (χ1v) is 8.60. The maximum absolute atomic E-state index is 13.8. The Morgan fingerprint density at radius 3 is 2.43 bits per heavy atom. The zero-order valence-electron chi connectivity index (χ0n) is 15.3. The molecule has 3 rings (SSSR count). The van der Waals surface area contributed by atoms with Crippen LogP contribution >= 0.6 is 0 Å². The summed E-state index contributed by atoms with van der Waals surface area (Å²) in [6.07, 6.45) is 1.94. The average molecular weight is 384 g/mol. The number of aromatic nitrogens is 2. The predicted octanol–water partition coefficient (Wildman–Crippen LogP) is 3.92. The summed E-state index contributed by atoms with van der Waals surface area (Å²) in [5, 5.41) is 9.28. The largest absolute Gasteiger partial charge is 0.324 e. The van der Waals surface area contributed by atoms with E-state index in [0.717, 1.165) is 6.07 Å². The van der Waals surface area contributed by atoms with Gasteiger partial charge in [0.25, 0.3) is 5.91 Å². The van der Waals surface area contributed by atoms with Crippen molar-refractivity contribution in [3.8, 4) is 5.69 Å². The van der Waals surface area contributed by atoms with E-state index in [4.69, 9.17) is 0 Å². The van der Waals surface area contributed by atoms with E-state index in [-0.39, 0.29) is 11.5 Å². The van der Waals surface area contributed by atoms with E-state index in [1.54, 1.807) is 16.8 Å². The molecule has 0 spiro atoms. The Balaban J connectivity index is 1.87. The molecule has 0 fully saturated rings. The molecule has 2 N–H and O–H groups in total. The molecule has 28 heavy (non-hydrogen) atoms. The van der Waals surface area contributed by atoms with Crippen LogP contribution in [-0.4, -0.2) is 21.6 Å². The zero-order valence-corrected chi connectivity index (χ0v) is 15.3. The first kappa shape index (κ1) is 19.2. The van der Waals surface area contributed by atoms with Crippen molar-refractivity contribution in [2.75, 3.05) is 10.6 Å². The minimum atomic E-state index is -0.605. The zero-order chi connectivity index (χ0) is 20.3. The third kappa shape index (κ3) is 4.06. The molecule has 1 aromatic heterocycles. The predicted molar refractivity (Wildman–Crippen MR) is 102 cm³/mol. The topological polar surface area (TPSA) is 76.0 Å². The molecule has 0 radical (unpaired) electrons. The summed E-state index contributed by atoms with van der Waals surface area (Å²) >= 11 is 0. The summed E-state index contributed by atoms with van der Waals surface area (Å²) in [6, 6.07) is 9.67. The van der Waals surface area contributed by atoms with Crippen molar-refractivity contribution in [3.05, 3.63) is 71.6 Å². The molecule has 0 unspecified atom stereocenters. The number of rotatable bonds is 5. The molecule has 0 saturated heterocycles. The monoisotopic (exact) mass is 384 g/mol. The quantitative estimate of drug-likeness (QED) is 0.700. The molecule has 144 valence electrons. The van der Waals surface area contributed by atoms with E-state index in [1.165, 1.54) is 37.4 Å². The van der Waals surface area contributed by atoms with Gasteiger partial charge < -0.3 is 10.6 Å². The van der Waals surface area contributed by atoms with E-state index in [1.807, 2.05) is 6.92 Å². The Hall–Kier alpha value is -3.55. The molecular weight excluding hydrogens is 366 g/mol. The van der Waals surface area contributed by atoms with Gasteiger partial charge in [0, 0.05) is 12.6 Å². The summed E-state index contributed by atoms with van der Waals surface area (Å²) in [5.74, 6) is -1.81. The standard InChI is InChI=1S/C20H18F2N4O2/c1-3-19-16(11-23-26(19)15-7-4-13(21)5-8-15)20(28)25-14-6-9-17(22)18(10-14)24-12(2)27/h4-11H,3H2,1-2H3,(H,24,27)(H,25,28). The number of hydrogen-bond donors (Lipinski definition) is 2. The van der Waals surface area contributed by atoms with Crippen LogP contribution in [0.5, 0.6) is 0 Å². The van der Waals surface area contributed by atoms with Crippen LogP contribution in [0.25, 0.3) is 5.69 Å². The lowest BCUT2D eigenvalue weighted by molar-refractivity contribution is -0.114. The molecule has 1 heterocycles. The van der Waals surface area contributed by atoms with Crippen LogP contribution in [0.3, 0.4) is 0 Å². The summed E-state index contributed by atoms with van der Waals surface area (Å²) in [6.45, 7) is 3.14. The second-order valence-corrected chi connectivity index (χ2v) is 6.08. The lowest BCUT2D eigenvalue weighted by Gasteiger charge is -2.10. The highest BCUT2D eigenvalue weighted by Gasteiger charge is 2.18. The number of hydrogen-bond acceptors (Lipinski definition) is 3. The maximum atomic E-state index is 13.8. The molecule has 6 nitrogen and oxygen atoms in total. The van der Waals surface area contributed by atoms with Gasteiger partial charge in [0.05, 0.1) is 28.8 Å². The van der Waals surface area contributed by atoms with Crippen molar-refractivity contribution in [2.24, 2.45) is 0 Å². The van der Waals surface area contributed by atoms with E-state index in [9.17, 15) is 18.4 Å². The van der Waals surface area contributed by atoms with Crippen molar-refractivity contribution in [3.63, 3.8) is 0 Å². The first-order valence-electron chi connectivity index (χ1n) is 8.60. The second kappa shape index (κ2) is 7.99. The van der Waals surface area contributed by atoms with Crippen LogP contribution in [0.2, 0.25) is 0 Å². The van der Waals surface area contributed by atoms with E-state index >= 15 is 0 Å². The number of nitrogens with one attached hydrogen (secondary N) is 2. The van der Waals surface area contributed by atoms with Gasteiger partial charge in [-0.05, 0) is 48.9 Å². The normalized spacial score (nSPS) is 10.6. The Morgan fingerprint density at radius 1 is 1.07 bits per heavy atom. The van der Waals surface area contributed by atoms with Gasteiger partial charge in [0.15, 0.2) is 0 Å². The van der Waals surface area contributed by atoms with Crippen LogP contribution < -0.4 is 10.6 Å². The molecule has 2 amide bonds. The minimum Gasteiger partial charge on any atom is -0.324 e. The summed E-state index contributed by atoms with van der Waals surface area (Å²) in [4.78, 5) is 23.9. The molecule has 0 aliphatic heterocycles. The molecule has 0 atom stereocenters. The van der Waals surface area contributed by atoms with Gasteiger partial charge in [-0.2, -0.15) is 5.10 Å². The average Bonchev–Trinajstić information content (AvgIpc) is 3.09. The van der Waals surface area contributed by atoms with Crippen LogP contribution in [0.4, 0.5) is 20.2 Å². The van der Waals surface area contributed by atoms with Gasteiger partial charge in [-0.3, -0.25) is 9.59 Å². The SMILES string of the molecule is CCc1c(C(=O)Nc2ccc(F)c(NC(C)=O)c2)cnn1-c1ccc(F)cc1. The third-order valence-electron chi connectivity index (χ3n) is 4.05. The van der Waals surface area contributed by atoms with Crippen molar-refractivity contribution < 1.29 is 18.4 Å². The smallest absolute Gasteiger partial charge is 0.259 e. The van der Waals surface area contributed by atoms with Gasteiger partial charge in [-0.15, -0.1) is 0 Å². The fourth-order valence-electron chi connectivity index (χ4n) is 2.80. The molecule has 2 aromatic carbocycles. The van der Waals surface area contributed by atoms with Crippen LogP contribution in [0.1, 0.15) is 29.9 Å². The van der Waals surface area contributed by atoms with Gasteiger partial charge >= 0.3 is 0 Å². The first-order chi connectivity index (χ1) is 13.4. The number of benzene rings is 2. The molecule has 3 aromatic rings. The minimum absolute atomic E-state index is 0.0250. The molecule has 0 aliphatic rings. The summed E-state index contributed by atoms with van der Waals surface area (Å²) in [7, 11) is 0. The van der Waals surface area contributed by atoms with Crippen molar-refractivity contribution in [2.45, 2.75) is 20.3 Å². The second-order valence-electron chi connectivity index (χ2n) is 6.08. The Labute approximate surface area is 160 Å². The van der Waals surface area contributed by atoms with Crippen LogP contribution in [0.15, 0.2) is 48.7 Å². The van der Waals surface area contributed by atoms with E-state index in [2.05, 4.69) is 15.7 Å². The fourth-order valence-corrected chi connectivity index (χ4v) is 2.80. The molecule has 0 aliphatic carbocycles. The molecule has 0 saturated carbocycles. The summed E-state index contributed by atoms with van der Waals surface area (Å²) in [5.41, 5.74) is 1.92. The molecule has 0 bridgehead atoms. The van der Waals surface area contributed by atoms with Gasteiger partial charge in [0.2, 0.25) is 5.91 Å². The van der Waals surface area contributed by atoms with Crippen molar-refractivity contribution >= 4 is 23.2 Å².